The van der Waals surface area contributed by atoms with E-state index in [0.717, 1.165) is 17.3 Å². The monoisotopic (exact) mass is 351 g/mol. The van der Waals surface area contributed by atoms with E-state index in [4.69, 9.17) is 0 Å². The van der Waals surface area contributed by atoms with Gasteiger partial charge in [0.2, 0.25) is 5.91 Å². The summed E-state index contributed by atoms with van der Waals surface area (Å²) in [5.74, 6) is -0.218. The highest BCUT2D eigenvalue weighted by Gasteiger charge is 2.35. The van der Waals surface area contributed by atoms with E-state index in [1.165, 1.54) is 11.3 Å². The van der Waals surface area contributed by atoms with Gasteiger partial charge < -0.3 is 10.2 Å². The summed E-state index contributed by atoms with van der Waals surface area (Å²) in [5, 5.41) is 5.81. The SMILES string of the molecule is O=C(Nc1cccc2cccnc12)C1CCCN1C(=O)c1cccs1. The van der Waals surface area contributed by atoms with Crippen LogP contribution in [-0.2, 0) is 4.79 Å². The summed E-state index contributed by atoms with van der Waals surface area (Å²) in [6, 6.07) is 12.7. The lowest BCUT2D eigenvalue weighted by atomic mass is 10.1. The molecule has 5 nitrogen and oxygen atoms in total. The highest BCUT2D eigenvalue weighted by atomic mass is 32.1. The van der Waals surface area contributed by atoms with Crippen LogP contribution in [0.5, 0.6) is 0 Å². The molecule has 1 saturated heterocycles. The molecule has 2 aromatic heterocycles. The van der Waals surface area contributed by atoms with Crippen molar-refractivity contribution in [3.05, 3.63) is 58.9 Å². The quantitative estimate of drug-likeness (QED) is 0.785. The molecule has 1 aromatic carbocycles. The number of pyridine rings is 1. The molecule has 6 heteroatoms. The first kappa shape index (κ1) is 15.8. The Kier molecular flexibility index (Phi) is 4.19. The standard InChI is InChI=1S/C19H17N3O2S/c23-18(21-14-7-1-5-13-6-2-10-20-17(13)14)15-8-3-11-22(15)19(24)16-9-4-12-25-16/h1-2,4-7,9-10,12,15H,3,8,11H2,(H,21,23). The van der Waals surface area contributed by atoms with Gasteiger partial charge in [0.15, 0.2) is 0 Å². The van der Waals surface area contributed by atoms with E-state index < -0.39 is 6.04 Å². The third-order valence-electron chi connectivity index (χ3n) is 4.44. The number of anilines is 1. The third-order valence-corrected chi connectivity index (χ3v) is 5.30. The van der Waals surface area contributed by atoms with Crippen LogP contribution in [0.25, 0.3) is 10.9 Å². The Bertz CT molecular complexity index is 918. The molecule has 0 radical (unpaired) electrons. The zero-order valence-electron chi connectivity index (χ0n) is 13.5. The second-order valence-electron chi connectivity index (χ2n) is 6.00. The molecule has 1 unspecified atom stereocenters. The summed E-state index contributed by atoms with van der Waals surface area (Å²) in [4.78, 5) is 32.2. The molecule has 1 aliphatic heterocycles. The minimum absolute atomic E-state index is 0.0660. The topological polar surface area (TPSA) is 62.3 Å². The van der Waals surface area contributed by atoms with E-state index in [1.54, 1.807) is 17.2 Å². The largest absolute Gasteiger partial charge is 0.326 e. The number of amides is 2. The van der Waals surface area contributed by atoms with E-state index in [-0.39, 0.29) is 11.8 Å². The first-order valence-electron chi connectivity index (χ1n) is 8.23. The number of fused-ring (bicyclic) bond motifs is 1. The minimum atomic E-state index is -0.437. The average molecular weight is 351 g/mol. The van der Waals surface area contributed by atoms with Crippen LogP contribution in [0.3, 0.4) is 0 Å². The van der Waals surface area contributed by atoms with Crippen LogP contribution in [-0.4, -0.2) is 34.3 Å². The summed E-state index contributed by atoms with van der Waals surface area (Å²) >= 11 is 1.40. The molecular weight excluding hydrogens is 334 g/mol. The van der Waals surface area contributed by atoms with Gasteiger partial charge in [-0.3, -0.25) is 14.6 Å². The van der Waals surface area contributed by atoms with Crippen molar-refractivity contribution in [2.75, 3.05) is 11.9 Å². The number of rotatable bonds is 3. The van der Waals surface area contributed by atoms with Gasteiger partial charge in [0.05, 0.1) is 16.1 Å². The Morgan fingerprint density at radius 2 is 2.04 bits per heavy atom. The number of carbonyl (C=O) groups is 2. The maximum absolute atomic E-state index is 12.8. The maximum atomic E-state index is 12.8. The number of aromatic nitrogens is 1. The second kappa shape index (κ2) is 6.64. The Hall–Kier alpha value is -2.73. The average Bonchev–Trinajstić information content (AvgIpc) is 3.33. The number of carbonyl (C=O) groups excluding carboxylic acids is 2. The molecule has 3 heterocycles. The van der Waals surface area contributed by atoms with Gasteiger partial charge in [0, 0.05) is 18.1 Å². The molecule has 0 spiro atoms. The van der Waals surface area contributed by atoms with Crippen LogP contribution in [0.4, 0.5) is 5.69 Å². The van der Waals surface area contributed by atoms with Gasteiger partial charge in [-0.25, -0.2) is 0 Å². The Morgan fingerprint density at radius 3 is 2.88 bits per heavy atom. The van der Waals surface area contributed by atoms with Crippen molar-refractivity contribution in [3.63, 3.8) is 0 Å². The first-order chi connectivity index (χ1) is 12.2. The van der Waals surface area contributed by atoms with Crippen molar-refractivity contribution in [2.24, 2.45) is 0 Å². The van der Waals surface area contributed by atoms with Crippen LogP contribution in [0.15, 0.2) is 54.0 Å². The summed E-state index contributed by atoms with van der Waals surface area (Å²) in [7, 11) is 0. The van der Waals surface area contributed by atoms with E-state index in [0.29, 0.717) is 23.5 Å². The Balaban J connectivity index is 1.56. The molecule has 2 amide bonds. The van der Waals surface area contributed by atoms with Crippen LogP contribution in [0, 0.1) is 0 Å². The summed E-state index contributed by atoms with van der Waals surface area (Å²) in [5.41, 5.74) is 1.44. The Morgan fingerprint density at radius 1 is 1.16 bits per heavy atom. The van der Waals surface area contributed by atoms with Crippen molar-refractivity contribution in [2.45, 2.75) is 18.9 Å². The number of likely N-dealkylation sites (tertiary alicyclic amines) is 1. The highest BCUT2D eigenvalue weighted by Crippen LogP contribution is 2.25. The predicted molar refractivity (Wildman–Crippen MR) is 98.8 cm³/mol. The summed E-state index contributed by atoms with van der Waals surface area (Å²) < 4.78 is 0. The zero-order chi connectivity index (χ0) is 17.2. The number of nitrogens with zero attached hydrogens (tertiary/aromatic N) is 2. The predicted octanol–water partition coefficient (Wildman–Crippen LogP) is 3.54. The fourth-order valence-corrected chi connectivity index (χ4v) is 3.92. The first-order valence-corrected chi connectivity index (χ1v) is 9.11. The fourth-order valence-electron chi connectivity index (χ4n) is 3.25. The Labute approximate surface area is 149 Å². The van der Waals surface area contributed by atoms with Crippen LogP contribution < -0.4 is 5.32 Å². The molecule has 4 rings (SSSR count). The fraction of sp³-hybridized carbons (Fsp3) is 0.211. The van der Waals surface area contributed by atoms with Crippen LogP contribution >= 0.6 is 11.3 Å². The van der Waals surface area contributed by atoms with E-state index in [2.05, 4.69) is 10.3 Å². The van der Waals surface area contributed by atoms with Gasteiger partial charge in [-0.05, 0) is 36.4 Å². The molecular formula is C19H17N3O2S. The normalized spacial score (nSPS) is 17.0. The van der Waals surface area contributed by atoms with Crippen LogP contribution in [0.2, 0.25) is 0 Å². The number of hydrogen-bond donors (Lipinski definition) is 1. The van der Waals surface area contributed by atoms with E-state index >= 15 is 0 Å². The van der Waals surface area contributed by atoms with Gasteiger partial charge >= 0.3 is 0 Å². The van der Waals surface area contributed by atoms with Gasteiger partial charge in [0.25, 0.3) is 5.91 Å². The van der Waals surface area contributed by atoms with Crippen molar-refractivity contribution >= 4 is 39.7 Å². The smallest absolute Gasteiger partial charge is 0.264 e. The highest BCUT2D eigenvalue weighted by molar-refractivity contribution is 7.12. The number of thiophene rings is 1. The van der Waals surface area contributed by atoms with Crippen LogP contribution in [0.1, 0.15) is 22.5 Å². The molecule has 0 saturated carbocycles. The molecule has 1 aliphatic rings. The lowest BCUT2D eigenvalue weighted by Gasteiger charge is -2.23. The lowest BCUT2D eigenvalue weighted by molar-refractivity contribution is -0.119. The van der Waals surface area contributed by atoms with E-state index in [9.17, 15) is 9.59 Å². The van der Waals surface area contributed by atoms with Gasteiger partial charge in [0.1, 0.15) is 6.04 Å². The van der Waals surface area contributed by atoms with Crippen molar-refractivity contribution in [1.82, 2.24) is 9.88 Å². The van der Waals surface area contributed by atoms with E-state index in [1.807, 2.05) is 41.8 Å². The minimum Gasteiger partial charge on any atom is -0.326 e. The molecule has 1 fully saturated rings. The second-order valence-corrected chi connectivity index (χ2v) is 6.95. The number of para-hydroxylation sites is 1. The number of nitrogens with one attached hydrogen (secondary N) is 1. The molecule has 0 aliphatic carbocycles. The lowest BCUT2D eigenvalue weighted by Crippen LogP contribution is -2.43. The molecule has 25 heavy (non-hydrogen) atoms. The maximum Gasteiger partial charge on any atom is 0.264 e. The molecule has 0 bridgehead atoms. The van der Waals surface area contributed by atoms with Crippen molar-refractivity contribution in [3.8, 4) is 0 Å². The molecule has 126 valence electrons. The molecule has 1 N–H and O–H groups in total. The van der Waals surface area contributed by atoms with Gasteiger partial charge in [-0.2, -0.15) is 0 Å². The van der Waals surface area contributed by atoms with Crippen molar-refractivity contribution in [1.29, 1.82) is 0 Å². The third kappa shape index (κ3) is 3.00. The van der Waals surface area contributed by atoms with Crippen molar-refractivity contribution < 1.29 is 9.59 Å². The molecule has 3 aromatic rings. The summed E-state index contributed by atoms with van der Waals surface area (Å²) in [6.45, 7) is 0.614. The zero-order valence-corrected chi connectivity index (χ0v) is 14.3. The van der Waals surface area contributed by atoms with Gasteiger partial charge in [-0.1, -0.05) is 24.3 Å². The van der Waals surface area contributed by atoms with Gasteiger partial charge in [-0.15, -0.1) is 11.3 Å². The molecule has 1 atom stereocenters. The summed E-state index contributed by atoms with van der Waals surface area (Å²) in [6.07, 6.45) is 3.23. The number of hydrogen-bond acceptors (Lipinski definition) is 4. The number of benzene rings is 1.